The number of esters is 1. The largest absolute Gasteiger partial charge is 0.508 e. The number of halogens is 4. The zero-order valence-electron chi connectivity index (χ0n) is 11.0. The highest BCUT2D eigenvalue weighted by molar-refractivity contribution is 7.73. The normalized spacial score (nSPS) is 12.4. The maximum absolute atomic E-state index is 13.0. The van der Waals surface area contributed by atoms with E-state index in [-0.39, 0.29) is 11.3 Å². The molecule has 0 saturated heterocycles. The van der Waals surface area contributed by atoms with Gasteiger partial charge in [0.05, 0.1) is 12.2 Å². The molecule has 0 aliphatic carbocycles. The van der Waals surface area contributed by atoms with Gasteiger partial charge in [0.15, 0.2) is 0 Å². The van der Waals surface area contributed by atoms with Gasteiger partial charge >= 0.3 is 17.1 Å². The van der Waals surface area contributed by atoms with Crippen LogP contribution in [0.3, 0.4) is 0 Å². The number of alkyl halides is 4. The summed E-state index contributed by atoms with van der Waals surface area (Å²) in [6, 6.07) is 5.02. The zero-order chi connectivity index (χ0) is 17.0. The number of aromatic hydroxyl groups is 1. The van der Waals surface area contributed by atoms with Crippen LogP contribution in [0.4, 0.5) is 17.6 Å². The van der Waals surface area contributed by atoms with Crippen LogP contribution in [0.25, 0.3) is 0 Å². The van der Waals surface area contributed by atoms with Crippen molar-refractivity contribution in [3.05, 3.63) is 29.8 Å². The van der Waals surface area contributed by atoms with Gasteiger partial charge in [-0.25, -0.2) is 13.2 Å². The van der Waals surface area contributed by atoms with Crippen LogP contribution in [0.5, 0.6) is 5.75 Å². The fourth-order valence-electron chi connectivity index (χ4n) is 1.46. The minimum atomic E-state index is -5.16. The molecule has 0 aliphatic rings. The van der Waals surface area contributed by atoms with E-state index in [0.29, 0.717) is 0 Å². The number of hydrogen-bond acceptors (Lipinski definition) is 5. The van der Waals surface area contributed by atoms with Crippen molar-refractivity contribution in [2.75, 3.05) is 6.61 Å². The Morgan fingerprint density at radius 3 is 2.41 bits per heavy atom. The van der Waals surface area contributed by atoms with Crippen molar-refractivity contribution in [2.45, 2.75) is 24.0 Å². The molecule has 0 heterocycles. The van der Waals surface area contributed by atoms with E-state index in [1.807, 2.05) is 0 Å². The van der Waals surface area contributed by atoms with Crippen LogP contribution in [-0.2, 0) is 15.4 Å². The van der Waals surface area contributed by atoms with E-state index >= 15 is 0 Å². The van der Waals surface area contributed by atoms with Gasteiger partial charge in [-0.1, -0.05) is 6.07 Å². The van der Waals surface area contributed by atoms with Gasteiger partial charge < -0.3 is 9.84 Å². The molecule has 0 aromatic heterocycles. The van der Waals surface area contributed by atoms with Gasteiger partial charge in [-0.3, -0.25) is 0 Å². The highest BCUT2D eigenvalue weighted by atomic mass is 32.2. The standard InChI is InChI=1S/C12H12F4O5S/c13-11(14,12(15,16)22(19)20)5-2-6-21-10(18)8-3-1-4-9(17)7-8/h1,3-4,7,17,22H,2,5-6H2. The third-order valence-corrected chi connectivity index (χ3v) is 3.41. The summed E-state index contributed by atoms with van der Waals surface area (Å²) in [6.45, 7) is -0.601. The molecule has 5 nitrogen and oxygen atoms in total. The maximum atomic E-state index is 13.0. The van der Waals surface area contributed by atoms with Gasteiger partial charge in [0, 0.05) is 6.42 Å². The number of benzene rings is 1. The monoisotopic (exact) mass is 344 g/mol. The van der Waals surface area contributed by atoms with E-state index < -0.39 is 47.3 Å². The summed E-state index contributed by atoms with van der Waals surface area (Å²) in [7, 11) is -4.62. The number of phenols is 1. The van der Waals surface area contributed by atoms with Crippen molar-refractivity contribution in [3.63, 3.8) is 0 Å². The number of rotatable bonds is 7. The second-order valence-electron chi connectivity index (χ2n) is 4.29. The Kier molecular flexibility index (Phi) is 5.75. The molecule has 0 aliphatic heterocycles. The van der Waals surface area contributed by atoms with Crippen molar-refractivity contribution in [3.8, 4) is 5.75 Å². The molecule has 1 N–H and O–H groups in total. The molecule has 22 heavy (non-hydrogen) atoms. The van der Waals surface area contributed by atoms with Crippen LogP contribution in [0, 0.1) is 0 Å². The molecule has 0 atom stereocenters. The number of carbonyl (C=O) groups excluding carboxylic acids is 1. The number of carbonyl (C=O) groups is 1. The minimum Gasteiger partial charge on any atom is -0.508 e. The lowest BCUT2D eigenvalue weighted by atomic mass is 10.2. The van der Waals surface area contributed by atoms with Crippen molar-refractivity contribution in [2.24, 2.45) is 0 Å². The predicted octanol–water partition coefficient (Wildman–Crippen LogP) is 2.17. The molecule has 1 aromatic carbocycles. The fourth-order valence-corrected chi connectivity index (χ4v) is 1.84. The van der Waals surface area contributed by atoms with Gasteiger partial charge in [0.25, 0.3) is 0 Å². The molecular weight excluding hydrogens is 332 g/mol. The van der Waals surface area contributed by atoms with Crippen molar-refractivity contribution in [1.82, 2.24) is 0 Å². The maximum Gasteiger partial charge on any atom is 0.404 e. The van der Waals surface area contributed by atoms with Crippen molar-refractivity contribution < 1.29 is 40.6 Å². The Bertz CT molecular complexity index is 607. The highest BCUT2D eigenvalue weighted by Gasteiger charge is 2.58. The first-order chi connectivity index (χ1) is 10.1. The minimum absolute atomic E-state index is 0.0419. The Hall–Kier alpha value is -1.84. The van der Waals surface area contributed by atoms with Crippen molar-refractivity contribution in [1.29, 1.82) is 0 Å². The van der Waals surface area contributed by atoms with Gasteiger partial charge in [-0.05, 0) is 24.6 Å². The molecule has 0 saturated carbocycles. The quantitative estimate of drug-likeness (QED) is 0.343. The molecule has 1 aromatic rings. The van der Waals surface area contributed by atoms with E-state index in [0.717, 1.165) is 6.07 Å². The van der Waals surface area contributed by atoms with E-state index in [1.165, 1.54) is 18.2 Å². The van der Waals surface area contributed by atoms with Gasteiger partial charge in [-0.2, -0.15) is 17.6 Å². The molecule has 0 fully saturated rings. The smallest absolute Gasteiger partial charge is 0.404 e. The third kappa shape index (κ3) is 4.33. The molecular formula is C12H12F4O5S. The molecule has 0 spiro atoms. The molecule has 0 amide bonds. The van der Waals surface area contributed by atoms with Gasteiger partial charge in [-0.15, -0.1) is 0 Å². The van der Waals surface area contributed by atoms with Crippen molar-refractivity contribution >= 4 is 16.7 Å². The molecule has 124 valence electrons. The molecule has 1 rings (SSSR count). The third-order valence-electron chi connectivity index (χ3n) is 2.62. The van der Waals surface area contributed by atoms with Crippen LogP contribution in [0.2, 0.25) is 0 Å². The first-order valence-corrected chi connectivity index (χ1v) is 7.12. The average Bonchev–Trinajstić information content (AvgIpc) is 2.43. The zero-order valence-corrected chi connectivity index (χ0v) is 11.9. The summed E-state index contributed by atoms with van der Waals surface area (Å²) in [5.74, 6) is -5.89. The van der Waals surface area contributed by atoms with Crippen LogP contribution in [0.1, 0.15) is 23.2 Å². The second kappa shape index (κ2) is 6.95. The average molecular weight is 344 g/mol. The predicted molar refractivity (Wildman–Crippen MR) is 67.8 cm³/mol. The number of hydrogen-bond donors (Lipinski definition) is 2. The van der Waals surface area contributed by atoms with E-state index in [2.05, 4.69) is 4.74 Å². The van der Waals surface area contributed by atoms with Gasteiger partial charge in [0.1, 0.15) is 5.75 Å². The summed E-state index contributed by atoms with van der Waals surface area (Å²) in [6.07, 6.45) is -2.12. The lowest BCUT2D eigenvalue weighted by Gasteiger charge is -2.21. The second-order valence-corrected chi connectivity index (χ2v) is 5.37. The first kappa shape index (κ1) is 18.2. The summed E-state index contributed by atoms with van der Waals surface area (Å²) in [5.41, 5.74) is -0.0419. The fraction of sp³-hybridized carbons (Fsp3) is 0.417. The number of phenolic OH excluding ortho intramolecular Hbond substituents is 1. The van der Waals surface area contributed by atoms with E-state index in [1.54, 1.807) is 0 Å². The van der Waals surface area contributed by atoms with Gasteiger partial charge in [0.2, 0.25) is 10.7 Å². The highest BCUT2D eigenvalue weighted by Crippen LogP contribution is 2.38. The van der Waals surface area contributed by atoms with E-state index in [4.69, 9.17) is 5.11 Å². The first-order valence-electron chi connectivity index (χ1n) is 5.94. The van der Waals surface area contributed by atoms with Crippen LogP contribution in [-0.4, -0.2) is 37.3 Å². The Labute approximate surface area is 124 Å². The summed E-state index contributed by atoms with van der Waals surface area (Å²) < 4.78 is 76.4. The Morgan fingerprint density at radius 2 is 1.86 bits per heavy atom. The summed E-state index contributed by atoms with van der Waals surface area (Å²) in [4.78, 5) is 11.5. The molecule has 10 heteroatoms. The summed E-state index contributed by atoms with van der Waals surface area (Å²) in [5, 5.41) is 3.98. The summed E-state index contributed by atoms with van der Waals surface area (Å²) >= 11 is 0. The van der Waals surface area contributed by atoms with Crippen LogP contribution in [0.15, 0.2) is 24.3 Å². The lowest BCUT2D eigenvalue weighted by molar-refractivity contribution is -0.160. The molecule has 0 unspecified atom stereocenters. The Morgan fingerprint density at radius 1 is 1.23 bits per heavy atom. The molecule has 0 radical (unpaired) electrons. The topological polar surface area (TPSA) is 80.7 Å². The Balaban J connectivity index is 2.50. The van der Waals surface area contributed by atoms with Crippen LogP contribution < -0.4 is 0 Å². The lowest BCUT2D eigenvalue weighted by Crippen LogP contribution is -2.41. The number of ether oxygens (including phenoxy) is 1. The SMILES string of the molecule is O=C(OCCCC(F)(F)C(F)(F)[SH](=O)=O)c1cccc(O)c1. The van der Waals surface area contributed by atoms with Crippen LogP contribution >= 0.6 is 0 Å². The molecule has 0 bridgehead atoms. The number of thiol groups is 1. The van der Waals surface area contributed by atoms with E-state index in [9.17, 15) is 30.8 Å².